The van der Waals surface area contributed by atoms with Gasteiger partial charge in [0.15, 0.2) is 0 Å². The lowest BCUT2D eigenvalue weighted by molar-refractivity contribution is -0.383. The number of non-ortho nitro benzene ring substituents is 1. The van der Waals surface area contributed by atoms with E-state index in [0.717, 1.165) is 0 Å². The number of H-pyrrole nitrogens is 1. The van der Waals surface area contributed by atoms with Gasteiger partial charge in [0.25, 0.3) is 5.69 Å². The summed E-state index contributed by atoms with van der Waals surface area (Å²) in [5.41, 5.74) is 1.35. The number of nitro benzene ring substituents is 1. The van der Waals surface area contributed by atoms with Crippen molar-refractivity contribution in [3.8, 4) is 0 Å². The van der Waals surface area contributed by atoms with Crippen molar-refractivity contribution in [1.29, 1.82) is 0 Å². The number of hydrogen-bond donors (Lipinski definition) is 3. The largest absolute Gasteiger partial charge is 0.394 e. The molecule has 7 nitrogen and oxygen atoms in total. The lowest BCUT2D eigenvalue weighted by Crippen LogP contribution is -2.24. The van der Waals surface area contributed by atoms with Crippen molar-refractivity contribution < 1.29 is 19.9 Å². The van der Waals surface area contributed by atoms with Crippen LogP contribution in [0.15, 0.2) is 24.3 Å². The molecule has 1 aliphatic rings. The predicted octanol–water partition coefficient (Wildman–Crippen LogP) is 1.26. The molecule has 1 aliphatic heterocycles. The van der Waals surface area contributed by atoms with Crippen molar-refractivity contribution in [2.75, 3.05) is 6.61 Å². The molecule has 1 unspecified atom stereocenters. The Morgan fingerprint density at radius 1 is 1.50 bits per heavy atom. The summed E-state index contributed by atoms with van der Waals surface area (Å²) in [5.74, 6) is 0. The number of benzene rings is 1. The van der Waals surface area contributed by atoms with Crippen molar-refractivity contribution in [2.24, 2.45) is 0 Å². The second-order valence-electron chi connectivity index (χ2n) is 4.87. The summed E-state index contributed by atoms with van der Waals surface area (Å²) in [6.07, 6.45) is -1.38. The molecule has 20 heavy (non-hydrogen) atoms. The van der Waals surface area contributed by atoms with Crippen molar-refractivity contribution in [3.05, 3.63) is 40.1 Å². The van der Waals surface area contributed by atoms with Gasteiger partial charge < -0.3 is 19.9 Å². The van der Waals surface area contributed by atoms with E-state index < -0.39 is 23.2 Å². The summed E-state index contributed by atoms with van der Waals surface area (Å²) in [6.45, 7) is -0.252. The summed E-state index contributed by atoms with van der Waals surface area (Å²) >= 11 is 0. The van der Waals surface area contributed by atoms with Crippen LogP contribution in [0.5, 0.6) is 0 Å². The van der Waals surface area contributed by atoms with Gasteiger partial charge in [-0.3, -0.25) is 10.1 Å². The van der Waals surface area contributed by atoms with Crippen LogP contribution in [0.2, 0.25) is 0 Å². The lowest BCUT2D eigenvalue weighted by Gasteiger charge is -2.10. The minimum Gasteiger partial charge on any atom is -0.394 e. The first-order chi connectivity index (χ1) is 9.60. The third-order valence-electron chi connectivity index (χ3n) is 3.61. The van der Waals surface area contributed by atoms with Crippen LogP contribution < -0.4 is 0 Å². The number of ether oxygens (including phenoxy) is 1. The molecule has 0 aliphatic carbocycles. The Morgan fingerprint density at radius 3 is 2.95 bits per heavy atom. The molecule has 2 aromatic rings. The average Bonchev–Trinajstić information content (AvgIpc) is 3.00. The molecule has 0 saturated carbocycles. The quantitative estimate of drug-likeness (QED) is 0.578. The van der Waals surface area contributed by atoms with Crippen LogP contribution in [0.1, 0.15) is 18.2 Å². The SMILES string of the molecule is O=[N+]([O-])c1cccc2[nH]c(C3C[C@H](O)[C@@H](CO)O3)cc12. The number of aliphatic hydroxyl groups excluding tert-OH is 2. The predicted molar refractivity (Wildman–Crippen MR) is 70.3 cm³/mol. The van der Waals surface area contributed by atoms with Crippen molar-refractivity contribution in [3.63, 3.8) is 0 Å². The number of aromatic nitrogens is 1. The highest BCUT2D eigenvalue weighted by Gasteiger charge is 2.35. The van der Waals surface area contributed by atoms with Crippen LogP contribution in [0.25, 0.3) is 10.9 Å². The number of hydrogen-bond acceptors (Lipinski definition) is 5. The molecule has 106 valence electrons. The first-order valence-corrected chi connectivity index (χ1v) is 6.30. The Morgan fingerprint density at radius 2 is 2.30 bits per heavy atom. The maximum atomic E-state index is 11.0. The zero-order valence-corrected chi connectivity index (χ0v) is 10.5. The fraction of sp³-hybridized carbons (Fsp3) is 0.385. The summed E-state index contributed by atoms with van der Waals surface area (Å²) in [7, 11) is 0. The average molecular weight is 278 g/mol. The molecule has 3 atom stereocenters. The van der Waals surface area contributed by atoms with Crippen LogP contribution in [-0.4, -0.2) is 38.9 Å². The molecule has 0 bridgehead atoms. The van der Waals surface area contributed by atoms with Crippen LogP contribution in [0, 0.1) is 10.1 Å². The van der Waals surface area contributed by atoms with Gasteiger partial charge in [-0.25, -0.2) is 0 Å². The molecule has 1 aromatic carbocycles. The van der Waals surface area contributed by atoms with Crippen molar-refractivity contribution in [1.82, 2.24) is 4.98 Å². The monoisotopic (exact) mass is 278 g/mol. The Hall–Kier alpha value is -1.96. The van der Waals surface area contributed by atoms with Gasteiger partial charge in [-0.2, -0.15) is 0 Å². The third-order valence-corrected chi connectivity index (χ3v) is 3.61. The Kier molecular flexibility index (Phi) is 3.17. The molecule has 1 saturated heterocycles. The van der Waals surface area contributed by atoms with Crippen LogP contribution in [0.4, 0.5) is 5.69 Å². The second kappa shape index (κ2) is 4.86. The van der Waals surface area contributed by atoms with Gasteiger partial charge in [0.1, 0.15) is 12.2 Å². The first kappa shape index (κ1) is 13.0. The van der Waals surface area contributed by atoms with E-state index in [1.165, 1.54) is 6.07 Å². The normalized spacial score (nSPS) is 26.2. The summed E-state index contributed by atoms with van der Waals surface area (Å²) in [5, 5.41) is 30.3. The molecule has 1 aromatic heterocycles. The second-order valence-corrected chi connectivity index (χ2v) is 4.87. The Labute approximate surface area is 113 Å². The Balaban J connectivity index is 1.98. The van der Waals surface area contributed by atoms with Crippen molar-refractivity contribution >= 4 is 16.6 Å². The minimum atomic E-state index is -0.730. The molecule has 1 fully saturated rings. The van der Waals surface area contributed by atoms with Gasteiger partial charge in [0.05, 0.1) is 28.5 Å². The summed E-state index contributed by atoms with van der Waals surface area (Å²) in [4.78, 5) is 13.6. The molecule has 0 amide bonds. The number of nitrogens with zero attached hydrogens (tertiary/aromatic N) is 1. The van der Waals surface area contributed by atoms with Gasteiger partial charge in [0.2, 0.25) is 0 Å². The highest BCUT2D eigenvalue weighted by molar-refractivity contribution is 5.89. The zero-order chi connectivity index (χ0) is 14.3. The third kappa shape index (κ3) is 2.05. The van der Waals surface area contributed by atoms with Crippen LogP contribution >= 0.6 is 0 Å². The molecular formula is C13H14N2O5. The molecule has 3 N–H and O–H groups in total. The molecule has 7 heteroatoms. The standard InChI is InChI=1S/C13H14N2O5/c16-6-13-11(17)5-12(20-13)9-4-7-8(14-9)2-1-3-10(7)15(18)19/h1-4,11-14,16-17H,5-6H2/t11-,12?,13+/m0/s1. The molecule has 0 radical (unpaired) electrons. The maximum Gasteiger partial charge on any atom is 0.278 e. The summed E-state index contributed by atoms with van der Waals surface area (Å²) in [6, 6.07) is 6.48. The number of aromatic amines is 1. The highest BCUT2D eigenvalue weighted by atomic mass is 16.6. The van der Waals surface area contributed by atoms with Crippen molar-refractivity contribution in [2.45, 2.75) is 24.7 Å². The van der Waals surface area contributed by atoms with E-state index in [9.17, 15) is 15.2 Å². The van der Waals surface area contributed by atoms with E-state index >= 15 is 0 Å². The summed E-state index contributed by atoms with van der Waals surface area (Å²) < 4.78 is 5.54. The van der Waals surface area contributed by atoms with E-state index in [4.69, 9.17) is 9.84 Å². The molecule has 3 rings (SSSR count). The van der Waals surface area contributed by atoms with E-state index in [2.05, 4.69) is 4.98 Å². The lowest BCUT2D eigenvalue weighted by atomic mass is 10.1. The fourth-order valence-corrected chi connectivity index (χ4v) is 2.59. The number of rotatable bonds is 3. The molecule has 0 spiro atoms. The van der Waals surface area contributed by atoms with E-state index in [1.807, 2.05) is 0 Å². The Bertz CT molecular complexity index is 653. The number of nitrogens with one attached hydrogen (secondary N) is 1. The maximum absolute atomic E-state index is 11.0. The van der Waals surface area contributed by atoms with Gasteiger partial charge in [0, 0.05) is 18.2 Å². The van der Waals surface area contributed by atoms with E-state index in [1.54, 1.807) is 18.2 Å². The van der Waals surface area contributed by atoms with E-state index in [-0.39, 0.29) is 12.3 Å². The molecular weight excluding hydrogens is 264 g/mol. The van der Waals surface area contributed by atoms with Gasteiger partial charge in [-0.05, 0) is 12.1 Å². The molecule has 2 heterocycles. The highest BCUT2D eigenvalue weighted by Crippen LogP contribution is 2.35. The number of fused-ring (bicyclic) bond motifs is 1. The van der Waals surface area contributed by atoms with Gasteiger partial charge in [-0.1, -0.05) is 6.07 Å². The minimum absolute atomic E-state index is 0.0299. The van der Waals surface area contributed by atoms with Gasteiger partial charge in [-0.15, -0.1) is 0 Å². The van der Waals surface area contributed by atoms with Gasteiger partial charge >= 0.3 is 0 Å². The fourth-order valence-electron chi connectivity index (χ4n) is 2.59. The smallest absolute Gasteiger partial charge is 0.278 e. The number of aliphatic hydroxyl groups is 2. The zero-order valence-electron chi connectivity index (χ0n) is 10.5. The topological polar surface area (TPSA) is 109 Å². The first-order valence-electron chi connectivity index (χ1n) is 6.30. The van der Waals surface area contributed by atoms with Crippen LogP contribution in [-0.2, 0) is 4.74 Å². The van der Waals surface area contributed by atoms with Crippen LogP contribution in [0.3, 0.4) is 0 Å². The number of nitro groups is 1. The van der Waals surface area contributed by atoms with E-state index in [0.29, 0.717) is 23.0 Å².